The summed E-state index contributed by atoms with van der Waals surface area (Å²) in [5.74, 6) is -0.00387. The lowest BCUT2D eigenvalue weighted by atomic mass is 10.1. The Hall–Kier alpha value is -5.02. The van der Waals surface area contributed by atoms with Crippen LogP contribution < -0.4 is 25.4 Å². The SMILES string of the molecule is COc1ccc(/C=C(\NC(=O)c2ccccc2)C(=O)Nc2ccc(SC(C)C(=O)Nc3ccc(C)cc3C)cc2)cc1OC. The average Bonchev–Trinajstić information content (AvgIpc) is 3.03. The predicted octanol–water partition coefficient (Wildman–Crippen LogP) is 6.85. The number of anilines is 2. The molecule has 0 aliphatic carbocycles. The van der Waals surface area contributed by atoms with Gasteiger partial charge in [-0.2, -0.15) is 0 Å². The molecule has 0 radical (unpaired) electrons. The molecule has 1 unspecified atom stereocenters. The number of hydrogen-bond acceptors (Lipinski definition) is 6. The summed E-state index contributed by atoms with van der Waals surface area (Å²) in [4.78, 5) is 40.1. The highest BCUT2D eigenvalue weighted by molar-refractivity contribution is 8.00. The molecule has 4 aromatic rings. The van der Waals surface area contributed by atoms with Crippen molar-refractivity contribution in [3.05, 3.63) is 119 Å². The van der Waals surface area contributed by atoms with Crippen LogP contribution >= 0.6 is 11.8 Å². The van der Waals surface area contributed by atoms with Crippen molar-refractivity contribution in [2.75, 3.05) is 24.9 Å². The second-order valence-corrected chi connectivity index (χ2v) is 11.5. The highest BCUT2D eigenvalue weighted by Gasteiger charge is 2.18. The number of hydrogen-bond donors (Lipinski definition) is 3. The first-order chi connectivity index (χ1) is 21.2. The summed E-state index contributed by atoms with van der Waals surface area (Å²) < 4.78 is 10.7. The Morgan fingerprint density at radius 3 is 2.16 bits per heavy atom. The van der Waals surface area contributed by atoms with Gasteiger partial charge in [0.15, 0.2) is 11.5 Å². The first-order valence-corrected chi connectivity index (χ1v) is 14.8. The number of methoxy groups -OCH3 is 2. The molecule has 0 bridgehead atoms. The number of thioether (sulfide) groups is 1. The third-order valence-corrected chi connectivity index (χ3v) is 7.79. The van der Waals surface area contributed by atoms with Crippen LogP contribution in [-0.4, -0.2) is 37.2 Å². The van der Waals surface area contributed by atoms with E-state index in [0.717, 1.165) is 21.7 Å². The van der Waals surface area contributed by atoms with Crippen molar-refractivity contribution in [2.45, 2.75) is 30.9 Å². The highest BCUT2D eigenvalue weighted by Crippen LogP contribution is 2.29. The second-order valence-electron chi connectivity index (χ2n) is 10.0. The Labute approximate surface area is 261 Å². The summed E-state index contributed by atoms with van der Waals surface area (Å²) in [5.41, 5.74) is 4.55. The Morgan fingerprint density at radius 1 is 0.795 bits per heavy atom. The van der Waals surface area contributed by atoms with E-state index in [2.05, 4.69) is 16.0 Å². The maximum absolute atomic E-state index is 13.4. The van der Waals surface area contributed by atoms with E-state index in [1.165, 1.54) is 26.0 Å². The molecule has 8 nitrogen and oxygen atoms in total. The van der Waals surface area contributed by atoms with Gasteiger partial charge in [0.05, 0.1) is 19.5 Å². The van der Waals surface area contributed by atoms with Gasteiger partial charge in [0.1, 0.15) is 5.70 Å². The zero-order chi connectivity index (χ0) is 31.6. The molecular formula is C35H35N3O5S. The fraction of sp³-hybridized carbons (Fsp3) is 0.171. The molecule has 9 heteroatoms. The molecule has 3 N–H and O–H groups in total. The van der Waals surface area contributed by atoms with E-state index < -0.39 is 11.8 Å². The number of carbonyl (C=O) groups excluding carboxylic acids is 3. The van der Waals surface area contributed by atoms with Crippen LogP contribution in [0.3, 0.4) is 0 Å². The lowest BCUT2D eigenvalue weighted by Gasteiger charge is -2.15. The minimum atomic E-state index is -0.509. The molecule has 0 saturated heterocycles. The van der Waals surface area contributed by atoms with Crippen molar-refractivity contribution < 1.29 is 23.9 Å². The summed E-state index contributed by atoms with van der Waals surface area (Å²) in [6.45, 7) is 5.83. The van der Waals surface area contributed by atoms with Gasteiger partial charge in [0.25, 0.3) is 11.8 Å². The van der Waals surface area contributed by atoms with Gasteiger partial charge >= 0.3 is 0 Å². The van der Waals surface area contributed by atoms with Crippen molar-refractivity contribution in [2.24, 2.45) is 0 Å². The van der Waals surface area contributed by atoms with Crippen LogP contribution in [0.15, 0.2) is 102 Å². The van der Waals surface area contributed by atoms with E-state index in [1.807, 2.05) is 57.2 Å². The fourth-order valence-electron chi connectivity index (χ4n) is 4.31. The van der Waals surface area contributed by atoms with Crippen molar-refractivity contribution in [3.63, 3.8) is 0 Å². The summed E-state index contributed by atoms with van der Waals surface area (Å²) in [6, 6.07) is 26.9. The first kappa shape index (κ1) is 31.9. The molecule has 0 spiro atoms. The quantitative estimate of drug-likeness (QED) is 0.127. The Kier molecular flexibility index (Phi) is 10.8. The highest BCUT2D eigenvalue weighted by atomic mass is 32.2. The minimum Gasteiger partial charge on any atom is -0.493 e. The van der Waals surface area contributed by atoms with E-state index in [1.54, 1.807) is 60.7 Å². The number of aryl methyl sites for hydroxylation is 2. The molecule has 4 aromatic carbocycles. The number of benzene rings is 4. The molecule has 4 rings (SSSR count). The van der Waals surface area contributed by atoms with Crippen molar-refractivity contribution in [1.29, 1.82) is 0 Å². The van der Waals surface area contributed by atoms with Crippen LogP contribution in [0.4, 0.5) is 11.4 Å². The molecule has 0 aromatic heterocycles. The average molecular weight is 610 g/mol. The number of nitrogens with one attached hydrogen (secondary N) is 3. The molecule has 3 amide bonds. The van der Waals surface area contributed by atoms with Crippen LogP contribution in [-0.2, 0) is 9.59 Å². The molecule has 1 atom stereocenters. The van der Waals surface area contributed by atoms with Crippen molar-refractivity contribution in [3.8, 4) is 11.5 Å². The second kappa shape index (κ2) is 14.9. The van der Waals surface area contributed by atoms with Gasteiger partial charge in [-0.15, -0.1) is 11.8 Å². The van der Waals surface area contributed by atoms with Crippen LogP contribution in [0.1, 0.15) is 34.0 Å². The van der Waals surface area contributed by atoms with E-state index in [0.29, 0.717) is 28.3 Å². The third kappa shape index (κ3) is 8.52. The standard InChI is InChI=1S/C35H35N3O5S/c1-22-11-17-29(23(2)19-22)37-33(39)24(3)44-28-15-13-27(14-16-28)36-35(41)30(38-34(40)26-9-7-6-8-10-26)20-25-12-18-31(42-4)32(21-25)43-5/h6-21,24H,1-5H3,(H,36,41)(H,37,39)(H,38,40)/b30-20-. The molecule has 0 aliphatic rings. The van der Waals surface area contributed by atoms with Crippen LogP contribution in [0.25, 0.3) is 6.08 Å². The summed E-state index contributed by atoms with van der Waals surface area (Å²) in [6.07, 6.45) is 1.57. The molecule has 226 valence electrons. The lowest BCUT2D eigenvalue weighted by molar-refractivity contribution is -0.115. The number of carbonyl (C=O) groups is 3. The topological polar surface area (TPSA) is 106 Å². The Balaban J connectivity index is 1.47. The first-order valence-electron chi connectivity index (χ1n) is 13.9. The monoisotopic (exact) mass is 609 g/mol. The number of rotatable bonds is 11. The predicted molar refractivity (Wildman–Crippen MR) is 176 cm³/mol. The fourth-order valence-corrected chi connectivity index (χ4v) is 5.18. The summed E-state index contributed by atoms with van der Waals surface area (Å²) in [5, 5.41) is 8.23. The zero-order valence-electron chi connectivity index (χ0n) is 25.3. The Bertz CT molecular complexity index is 1670. The largest absolute Gasteiger partial charge is 0.493 e. The Morgan fingerprint density at radius 2 is 1.50 bits per heavy atom. The zero-order valence-corrected chi connectivity index (χ0v) is 26.1. The number of amides is 3. The van der Waals surface area contributed by atoms with Crippen LogP contribution in [0.5, 0.6) is 11.5 Å². The molecule has 0 saturated carbocycles. The van der Waals surface area contributed by atoms with Gasteiger partial charge in [0.2, 0.25) is 5.91 Å². The maximum atomic E-state index is 13.4. The molecule has 0 aliphatic heterocycles. The molecular weight excluding hydrogens is 574 g/mol. The van der Waals surface area contributed by atoms with Gasteiger partial charge < -0.3 is 25.4 Å². The van der Waals surface area contributed by atoms with E-state index >= 15 is 0 Å². The van der Waals surface area contributed by atoms with Crippen molar-refractivity contribution in [1.82, 2.24) is 5.32 Å². The molecule has 44 heavy (non-hydrogen) atoms. The third-order valence-electron chi connectivity index (χ3n) is 6.68. The molecule has 0 fully saturated rings. The maximum Gasteiger partial charge on any atom is 0.272 e. The lowest BCUT2D eigenvalue weighted by Crippen LogP contribution is -2.30. The molecule has 0 heterocycles. The van der Waals surface area contributed by atoms with E-state index in [9.17, 15) is 14.4 Å². The van der Waals surface area contributed by atoms with Gasteiger partial charge in [0, 0.05) is 21.8 Å². The minimum absolute atomic E-state index is 0.0428. The number of ether oxygens (including phenoxy) is 2. The van der Waals surface area contributed by atoms with E-state index in [-0.39, 0.29) is 16.9 Å². The summed E-state index contributed by atoms with van der Waals surface area (Å²) in [7, 11) is 3.06. The van der Waals surface area contributed by atoms with E-state index in [4.69, 9.17) is 9.47 Å². The smallest absolute Gasteiger partial charge is 0.272 e. The van der Waals surface area contributed by atoms with Gasteiger partial charge in [-0.05, 0) is 92.6 Å². The summed E-state index contributed by atoms with van der Waals surface area (Å²) >= 11 is 1.41. The van der Waals surface area contributed by atoms with Gasteiger partial charge in [-0.3, -0.25) is 14.4 Å². The van der Waals surface area contributed by atoms with Crippen LogP contribution in [0.2, 0.25) is 0 Å². The van der Waals surface area contributed by atoms with Gasteiger partial charge in [-0.1, -0.05) is 42.0 Å². The van der Waals surface area contributed by atoms with Crippen LogP contribution in [0, 0.1) is 13.8 Å². The normalized spacial score (nSPS) is 11.7. The van der Waals surface area contributed by atoms with Crippen molar-refractivity contribution >= 4 is 46.9 Å². The van der Waals surface area contributed by atoms with Gasteiger partial charge in [-0.25, -0.2) is 0 Å².